The SMILES string of the molecule is COC1=C(Cc2ccccc2)C(c2ccccc2)OC=C1. The minimum atomic E-state index is -0.0913. The summed E-state index contributed by atoms with van der Waals surface area (Å²) in [4.78, 5) is 0. The van der Waals surface area contributed by atoms with E-state index in [1.807, 2.05) is 30.3 Å². The monoisotopic (exact) mass is 278 g/mol. The van der Waals surface area contributed by atoms with Crippen LogP contribution in [0.3, 0.4) is 0 Å². The van der Waals surface area contributed by atoms with Crippen molar-refractivity contribution in [1.82, 2.24) is 0 Å². The normalized spacial score (nSPS) is 17.5. The van der Waals surface area contributed by atoms with Crippen LogP contribution in [0.25, 0.3) is 0 Å². The Balaban J connectivity index is 1.97. The van der Waals surface area contributed by atoms with Crippen LogP contribution < -0.4 is 0 Å². The fraction of sp³-hybridized carbons (Fsp3) is 0.158. The lowest BCUT2D eigenvalue weighted by Crippen LogP contribution is -2.13. The van der Waals surface area contributed by atoms with Crippen LogP contribution in [0.5, 0.6) is 0 Å². The molecular formula is C19H18O2. The molecule has 0 aromatic heterocycles. The molecule has 1 aliphatic heterocycles. The Morgan fingerprint density at radius 1 is 0.952 bits per heavy atom. The van der Waals surface area contributed by atoms with Crippen molar-refractivity contribution in [2.45, 2.75) is 12.5 Å². The molecular weight excluding hydrogens is 260 g/mol. The summed E-state index contributed by atoms with van der Waals surface area (Å²) in [7, 11) is 1.71. The third kappa shape index (κ3) is 3.00. The summed E-state index contributed by atoms with van der Waals surface area (Å²) in [5.74, 6) is 0.888. The molecule has 3 rings (SSSR count). The van der Waals surface area contributed by atoms with E-state index < -0.39 is 0 Å². The highest BCUT2D eigenvalue weighted by molar-refractivity contribution is 5.37. The van der Waals surface area contributed by atoms with Gasteiger partial charge in [0.15, 0.2) is 0 Å². The summed E-state index contributed by atoms with van der Waals surface area (Å²) >= 11 is 0. The largest absolute Gasteiger partial charge is 0.497 e. The average molecular weight is 278 g/mol. The van der Waals surface area contributed by atoms with E-state index in [-0.39, 0.29) is 6.10 Å². The highest BCUT2D eigenvalue weighted by Gasteiger charge is 2.24. The summed E-state index contributed by atoms with van der Waals surface area (Å²) < 4.78 is 11.4. The molecule has 0 aliphatic carbocycles. The Hall–Kier alpha value is -2.48. The predicted octanol–water partition coefficient (Wildman–Crippen LogP) is 4.41. The molecule has 106 valence electrons. The number of hydrogen-bond acceptors (Lipinski definition) is 2. The Bertz CT molecular complexity index is 642. The third-order valence-electron chi connectivity index (χ3n) is 3.63. The van der Waals surface area contributed by atoms with E-state index >= 15 is 0 Å². The number of hydrogen-bond donors (Lipinski definition) is 0. The van der Waals surface area contributed by atoms with Crippen LogP contribution in [-0.4, -0.2) is 7.11 Å². The summed E-state index contributed by atoms with van der Waals surface area (Å²) in [5, 5.41) is 0. The van der Waals surface area contributed by atoms with E-state index in [1.54, 1.807) is 13.4 Å². The van der Waals surface area contributed by atoms with Gasteiger partial charge in [-0.1, -0.05) is 60.7 Å². The highest BCUT2D eigenvalue weighted by Crippen LogP contribution is 2.34. The van der Waals surface area contributed by atoms with Gasteiger partial charge in [0, 0.05) is 18.1 Å². The second-order valence-electron chi connectivity index (χ2n) is 4.99. The molecule has 1 atom stereocenters. The van der Waals surface area contributed by atoms with Gasteiger partial charge >= 0.3 is 0 Å². The lowest BCUT2D eigenvalue weighted by atomic mass is 9.93. The molecule has 0 radical (unpaired) electrons. The lowest BCUT2D eigenvalue weighted by Gasteiger charge is -2.25. The van der Waals surface area contributed by atoms with Gasteiger partial charge in [-0.25, -0.2) is 0 Å². The number of benzene rings is 2. The zero-order valence-corrected chi connectivity index (χ0v) is 12.0. The van der Waals surface area contributed by atoms with E-state index in [2.05, 4.69) is 36.4 Å². The van der Waals surface area contributed by atoms with E-state index in [4.69, 9.17) is 9.47 Å². The van der Waals surface area contributed by atoms with Crippen molar-refractivity contribution in [2.24, 2.45) is 0 Å². The number of allylic oxidation sites excluding steroid dienone is 1. The Labute approximate surface area is 125 Å². The van der Waals surface area contributed by atoms with Gasteiger partial charge in [0.2, 0.25) is 0 Å². The maximum absolute atomic E-state index is 5.86. The van der Waals surface area contributed by atoms with E-state index in [0.29, 0.717) is 0 Å². The van der Waals surface area contributed by atoms with Crippen molar-refractivity contribution in [3.63, 3.8) is 0 Å². The molecule has 0 saturated carbocycles. The van der Waals surface area contributed by atoms with Crippen molar-refractivity contribution in [3.05, 3.63) is 95.5 Å². The van der Waals surface area contributed by atoms with Gasteiger partial charge in [-0.3, -0.25) is 0 Å². The second-order valence-corrected chi connectivity index (χ2v) is 4.99. The fourth-order valence-electron chi connectivity index (χ4n) is 2.60. The van der Waals surface area contributed by atoms with Gasteiger partial charge in [-0.2, -0.15) is 0 Å². The molecule has 2 heteroatoms. The minimum absolute atomic E-state index is 0.0913. The molecule has 2 aromatic rings. The summed E-state index contributed by atoms with van der Waals surface area (Å²) in [6, 6.07) is 20.6. The van der Waals surface area contributed by atoms with Crippen molar-refractivity contribution in [2.75, 3.05) is 7.11 Å². The maximum Gasteiger partial charge on any atom is 0.148 e. The Morgan fingerprint density at radius 3 is 2.29 bits per heavy atom. The minimum Gasteiger partial charge on any atom is -0.497 e. The van der Waals surface area contributed by atoms with Crippen molar-refractivity contribution in [1.29, 1.82) is 0 Å². The topological polar surface area (TPSA) is 18.5 Å². The molecule has 1 aliphatic rings. The van der Waals surface area contributed by atoms with E-state index in [0.717, 1.165) is 23.3 Å². The van der Waals surface area contributed by atoms with Gasteiger partial charge < -0.3 is 9.47 Å². The quantitative estimate of drug-likeness (QED) is 0.824. The lowest BCUT2D eigenvalue weighted by molar-refractivity contribution is 0.155. The first-order chi connectivity index (χ1) is 10.4. The zero-order chi connectivity index (χ0) is 14.5. The maximum atomic E-state index is 5.86. The van der Waals surface area contributed by atoms with Crippen LogP contribution in [0.15, 0.2) is 84.3 Å². The van der Waals surface area contributed by atoms with Crippen LogP contribution in [0.4, 0.5) is 0 Å². The first-order valence-corrected chi connectivity index (χ1v) is 7.06. The molecule has 1 unspecified atom stereocenters. The van der Waals surface area contributed by atoms with Gasteiger partial charge in [-0.15, -0.1) is 0 Å². The van der Waals surface area contributed by atoms with Gasteiger partial charge in [0.05, 0.1) is 13.4 Å². The standard InChI is InChI=1S/C19H18O2/c1-20-18-12-13-21-19(16-10-6-3-7-11-16)17(18)14-15-8-4-2-5-9-15/h2-13,19H,14H2,1H3. The Kier molecular flexibility index (Phi) is 4.06. The predicted molar refractivity (Wildman–Crippen MR) is 83.6 cm³/mol. The van der Waals surface area contributed by atoms with Crippen LogP contribution in [-0.2, 0) is 15.9 Å². The smallest absolute Gasteiger partial charge is 0.148 e. The van der Waals surface area contributed by atoms with Gasteiger partial charge in [0.1, 0.15) is 11.9 Å². The fourth-order valence-corrected chi connectivity index (χ4v) is 2.60. The average Bonchev–Trinajstić information content (AvgIpc) is 2.57. The number of ether oxygens (including phenoxy) is 2. The molecule has 0 amide bonds. The molecule has 2 nitrogen and oxygen atoms in total. The molecule has 0 fully saturated rings. The van der Waals surface area contributed by atoms with Crippen molar-refractivity contribution >= 4 is 0 Å². The van der Waals surface area contributed by atoms with E-state index in [1.165, 1.54) is 5.56 Å². The molecule has 21 heavy (non-hydrogen) atoms. The van der Waals surface area contributed by atoms with Gasteiger partial charge in [0.25, 0.3) is 0 Å². The van der Waals surface area contributed by atoms with Crippen LogP contribution in [0.2, 0.25) is 0 Å². The molecule has 0 bridgehead atoms. The van der Waals surface area contributed by atoms with Gasteiger partial charge in [-0.05, 0) is 11.1 Å². The first-order valence-electron chi connectivity index (χ1n) is 7.06. The molecule has 0 N–H and O–H groups in total. The summed E-state index contributed by atoms with van der Waals surface area (Å²) in [6.07, 6.45) is 4.32. The van der Waals surface area contributed by atoms with Crippen LogP contribution >= 0.6 is 0 Å². The summed E-state index contributed by atoms with van der Waals surface area (Å²) in [5.41, 5.74) is 3.54. The molecule has 2 aromatic carbocycles. The van der Waals surface area contributed by atoms with E-state index in [9.17, 15) is 0 Å². The highest BCUT2D eigenvalue weighted by atomic mass is 16.5. The zero-order valence-electron chi connectivity index (χ0n) is 12.0. The molecule has 1 heterocycles. The van der Waals surface area contributed by atoms with Crippen molar-refractivity contribution < 1.29 is 9.47 Å². The number of rotatable bonds is 4. The summed E-state index contributed by atoms with van der Waals surface area (Å²) in [6.45, 7) is 0. The second kappa shape index (κ2) is 6.31. The third-order valence-corrected chi connectivity index (χ3v) is 3.63. The van der Waals surface area contributed by atoms with Crippen LogP contribution in [0, 0.1) is 0 Å². The van der Waals surface area contributed by atoms with Crippen LogP contribution in [0.1, 0.15) is 17.2 Å². The molecule has 0 spiro atoms. The first kappa shape index (κ1) is 13.5. The van der Waals surface area contributed by atoms with Crippen molar-refractivity contribution in [3.8, 4) is 0 Å². The Morgan fingerprint density at radius 2 is 1.62 bits per heavy atom. The molecule has 0 saturated heterocycles. The number of methoxy groups -OCH3 is 1.